The number of para-hydroxylation sites is 1. The summed E-state index contributed by atoms with van der Waals surface area (Å²) >= 11 is 0. The average molecular weight is 319 g/mol. The van der Waals surface area contributed by atoms with Gasteiger partial charge in [0.05, 0.1) is 12.2 Å². The number of anilines is 1. The molecule has 130 valence electrons. The number of nitrogens with two attached hydrogens (primary N) is 1. The SMILES string of the molecule is CCCCCCCCCCCCOC(=O)c1cccc(C)c1N. The Morgan fingerprint density at radius 2 is 1.52 bits per heavy atom. The third kappa shape index (κ3) is 8.06. The predicted molar refractivity (Wildman–Crippen MR) is 97.7 cm³/mol. The summed E-state index contributed by atoms with van der Waals surface area (Å²) in [5.74, 6) is -0.304. The van der Waals surface area contributed by atoms with Gasteiger partial charge in [0.25, 0.3) is 0 Å². The number of rotatable bonds is 12. The molecule has 23 heavy (non-hydrogen) atoms. The van der Waals surface area contributed by atoms with Crippen LogP contribution < -0.4 is 5.73 Å². The van der Waals surface area contributed by atoms with Gasteiger partial charge in [-0.15, -0.1) is 0 Å². The first-order valence-electron chi connectivity index (χ1n) is 9.19. The average Bonchev–Trinajstić information content (AvgIpc) is 2.55. The lowest BCUT2D eigenvalue weighted by Gasteiger charge is -2.08. The highest BCUT2D eigenvalue weighted by atomic mass is 16.5. The topological polar surface area (TPSA) is 52.3 Å². The number of hydrogen-bond donors (Lipinski definition) is 1. The first-order valence-corrected chi connectivity index (χ1v) is 9.19. The number of ether oxygens (including phenoxy) is 1. The molecule has 1 aromatic rings. The molecule has 0 saturated heterocycles. The molecule has 0 aliphatic rings. The minimum atomic E-state index is -0.304. The number of nitrogen functional groups attached to an aromatic ring is 1. The molecule has 0 aliphatic carbocycles. The number of hydrogen-bond acceptors (Lipinski definition) is 3. The van der Waals surface area contributed by atoms with Gasteiger partial charge in [-0.1, -0.05) is 76.8 Å². The van der Waals surface area contributed by atoms with Crippen LogP contribution in [0.5, 0.6) is 0 Å². The molecular weight excluding hydrogens is 286 g/mol. The monoisotopic (exact) mass is 319 g/mol. The summed E-state index contributed by atoms with van der Waals surface area (Å²) < 4.78 is 5.32. The van der Waals surface area contributed by atoms with E-state index < -0.39 is 0 Å². The molecule has 0 amide bonds. The van der Waals surface area contributed by atoms with Gasteiger partial charge < -0.3 is 10.5 Å². The number of carbonyl (C=O) groups is 1. The Morgan fingerprint density at radius 1 is 0.957 bits per heavy atom. The zero-order valence-corrected chi connectivity index (χ0v) is 14.9. The lowest BCUT2D eigenvalue weighted by Crippen LogP contribution is -2.10. The molecular formula is C20H33NO2. The minimum absolute atomic E-state index is 0.304. The Labute approximate surface area is 141 Å². The summed E-state index contributed by atoms with van der Waals surface area (Å²) in [6, 6.07) is 5.46. The van der Waals surface area contributed by atoms with Gasteiger partial charge in [-0.25, -0.2) is 4.79 Å². The van der Waals surface area contributed by atoms with E-state index in [0.717, 1.165) is 18.4 Å². The first-order chi connectivity index (χ1) is 11.2. The van der Waals surface area contributed by atoms with Crippen LogP contribution in [0.25, 0.3) is 0 Å². The van der Waals surface area contributed by atoms with Gasteiger partial charge in [-0.05, 0) is 25.0 Å². The fraction of sp³-hybridized carbons (Fsp3) is 0.650. The molecule has 0 saturated carbocycles. The second-order valence-corrected chi connectivity index (χ2v) is 6.35. The summed E-state index contributed by atoms with van der Waals surface area (Å²) in [4.78, 5) is 12.0. The minimum Gasteiger partial charge on any atom is -0.462 e. The van der Waals surface area contributed by atoms with Crippen molar-refractivity contribution < 1.29 is 9.53 Å². The van der Waals surface area contributed by atoms with E-state index in [0.29, 0.717) is 17.9 Å². The van der Waals surface area contributed by atoms with Crippen LogP contribution >= 0.6 is 0 Å². The highest BCUT2D eigenvalue weighted by molar-refractivity contribution is 5.95. The Hall–Kier alpha value is -1.51. The van der Waals surface area contributed by atoms with E-state index in [1.165, 1.54) is 51.4 Å². The lowest BCUT2D eigenvalue weighted by atomic mass is 10.1. The Balaban J connectivity index is 2.03. The lowest BCUT2D eigenvalue weighted by molar-refractivity contribution is 0.0499. The van der Waals surface area contributed by atoms with Crippen LogP contribution in [0, 0.1) is 6.92 Å². The van der Waals surface area contributed by atoms with E-state index in [9.17, 15) is 4.79 Å². The van der Waals surface area contributed by atoms with Gasteiger partial charge in [-0.2, -0.15) is 0 Å². The molecule has 0 fully saturated rings. The van der Waals surface area contributed by atoms with Crippen molar-refractivity contribution in [3.05, 3.63) is 29.3 Å². The van der Waals surface area contributed by atoms with Crippen molar-refractivity contribution in [2.75, 3.05) is 12.3 Å². The second-order valence-electron chi connectivity index (χ2n) is 6.35. The van der Waals surface area contributed by atoms with E-state index in [4.69, 9.17) is 10.5 Å². The number of unbranched alkanes of at least 4 members (excludes halogenated alkanes) is 9. The van der Waals surface area contributed by atoms with Gasteiger partial charge in [0.15, 0.2) is 0 Å². The van der Waals surface area contributed by atoms with Gasteiger partial charge in [0.1, 0.15) is 0 Å². The fourth-order valence-corrected chi connectivity index (χ4v) is 2.69. The highest BCUT2D eigenvalue weighted by Gasteiger charge is 2.11. The fourth-order valence-electron chi connectivity index (χ4n) is 2.69. The smallest absolute Gasteiger partial charge is 0.340 e. The van der Waals surface area contributed by atoms with Crippen molar-refractivity contribution in [1.82, 2.24) is 0 Å². The van der Waals surface area contributed by atoms with Crippen LogP contribution in [0.1, 0.15) is 87.1 Å². The summed E-state index contributed by atoms with van der Waals surface area (Å²) in [5.41, 5.74) is 7.84. The normalized spacial score (nSPS) is 10.7. The maximum Gasteiger partial charge on any atom is 0.340 e. The van der Waals surface area contributed by atoms with E-state index in [2.05, 4.69) is 6.92 Å². The summed E-state index contributed by atoms with van der Waals surface area (Å²) in [6.45, 7) is 4.64. The molecule has 0 heterocycles. The van der Waals surface area contributed by atoms with Crippen LogP contribution in [0.2, 0.25) is 0 Å². The maximum absolute atomic E-state index is 12.0. The molecule has 0 spiro atoms. The van der Waals surface area contributed by atoms with Crippen molar-refractivity contribution in [3.63, 3.8) is 0 Å². The van der Waals surface area contributed by atoms with Gasteiger partial charge in [0.2, 0.25) is 0 Å². The Morgan fingerprint density at radius 3 is 2.13 bits per heavy atom. The van der Waals surface area contributed by atoms with Crippen molar-refractivity contribution in [2.24, 2.45) is 0 Å². The maximum atomic E-state index is 12.0. The largest absolute Gasteiger partial charge is 0.462 e. The Kier molecular flexibility index (Phi) is 10.2. The quantitative estimate of drug-likeness (QED) is 0.307. The predicted octanol–water partition coefficient (Wildman–Crippen LogP) is 5.65. The summed E-state index contributed by atoms with van der Waals surface area (Å²) in [6.07, 6.45) is 12.7. The highest BCUT2D eigenvalue weighted by Crippen LogP contribution is 2.17. The van der Waals surface area contributed by atoms with E-state index in [1.54, 1.807) is 6.07 Å². The molecule has 0 bridgehead atoms. The van der Waals surface area contributed by atoms with Crippen LogP contribution in [-0.4, -0.2) is 12.6 Å². The molecule has 2 N–H and O–H groups in total. The molecule has 1 aromatic carbocycles. The first kappa shape index (κ1) is 19.5. The van der Waals surface area contributed by atoms with E-state index >= 15 is 0 Å². The third-order valence-electron chi connectivity index (χ3n) is 4.28. The second kappa shape index (κ2) is 12.0. The number of carbonyl (C=O) groups excluding carboxylic acids is 1. The zero-order chi connectivity index (χ0) is 16.9. The molecule has 0 unspecified atom stereocenters. The standard InChI is InChI=1S/C20H33NO2/c1-3-4-5-6-7-8-9-10-11-12-16-23-20(22)18-15-13-14-17(2)19(18)21/h13-15H,3-12,16,21H2,1-2H3. The van der Waals surface area contributed by atoms with Crippen molar-refractivity contribution >= 4 is 11.7 Å². The van der Waals surface area contributed by atoms with E-state index in [-0.39, 0.29) is 5.97 Å². The van der Waals surface area contributed by atoms with Crippen LogP contribution in [0.4, 0.5) is 5.69 Å². The van der Waals surface area contributed by atoms with Crippen LogP contribution in [-0.2, 0) is 4.74 Å². The molecule has 0 atom stereocenters. The van der Waals surface area contributed by atoms with Crippen LogP contribution in [0.15, 0.2) is 18.2 Å². The number of esters is 1. The summed E-state index contributed by atoms with van der Waals surface area (Å²) in [5, 5.41) is 0. The van der Waals surface area contributed by atoms with Crippen molar-refractivity contribution in [3.8, 4) is 0 Å². The number of aryl methyl sites for hydroxylation is 1. The third-order valence-corrected chi connectivity index (χ3v) is 4.28. The van der Waals surface area contributed by atoms with Gasteiger partial charge in [-0.3, -0.25) is 0 Å². The summed E-state index contributed by atoms with van der Waals surface area (Å²) in [7, 11) is 0. The zero-order valence-electron chi connectivity index (χ0n) is 14.9. The molecule has 3 heteroatoms. The molecule has 3 nitrogen and oxygen atoms in total. The van der Waals surface area contributed by atoms with Gasteiger partial charge in [0, 0.05) is 5.69 Å². The molecule has 0 radical (unpaired) electrons. The number of benzene rings is 1. The molecule has 1 rings (SSSR count). The van der Waals surface area contributed by atoms with E-state index in [1.807, 2.05) is 19.1 Å². The van der Waals surface area contributed by atoms with Crippen molar-refractivity contribution in [1.29, 1.82) is 0 Å². The van der Waals surface area contributed by atoms with Crippen molar-refractivity contribution in [2.45, 2.75) is 78.1 Å². The van der Waals surface area contributed by atoms with Crippen LogP contribution in [0.3, 0.4) is 0 Å². The molecule has 0 aromatic heterocycles. The Bertz CT molecular complexity index is 457. The van der Waals surface area contributed by atoms with Gasteiger partial charge >= 0.3 is 5.97 Å². The molecule has 0 aliphatic heterocycles.